The molecule has 0 aliphatic heterocycles. The lowest BCUT2D eigenvalue weighted by molar-refractivity contribution is 0.0478. The van der Waals surface area contributed by atoms with Gasteiger partial charge in [0.15, 0.2) is 5.65 Å². The van der Waals surface area contributed by atoms with E-state index in [2.05, 4.69) is 29.6 Å². The zero-order valence-electron chi connectivity index (χ0n) is 18.8. The standard InChI is InChI=1S/C23H28N4O4Si/c1-5-31-22(28)20-14-16-13-17(27-21-18(25-23(27)29)7-6-10-24-21)8-9-19(16)26(20)15-30-11-12-32(2,3)4/h6-10,13-14H,5,11-12,15H2,1-4H3,(H,25,29). The first-order valence-corrected chi connectivity index (χ1v) is 14.4. The zero-order valence-corrected chi connectivity index (χ0v) is 19.8. The number of hydrogen-bond donors (Lipinski definition) is 1. The first kappa shape index (κ1) is 22.0. The van der Waals surface area contributed by atoms with E-state index in [-0.39, 0.29) is 12.4 Å². The Hall–Kier alpha value is -3.17. The smallest absolute Gasteiger partial charge is 0.355 e. The van der Waals surface area contributed by atoms with Crippen molar-refractivity contribution in [3.63, 3.8) is 0 Å². The Morgan fingerprint density at radius 2 is 2.00 bits per heavy atom. The van der Waals surface area contributed by atoms with Crippen LogP contribution in [0.3, 0.4) is 0 Å². The monoisotopic (exact) mass is 452 g/mol. The second-order valence-corrected chi connectivity index (χ2v) is 14.5. The molecule has 8 nitrogen and oxygen atoms in total. The molecule has 4 aromatic rings. The van der Waals surface area contributed by atoms with Crippen molar-refractivity contribution in [2.24, 2.45) is 0 Å². The number of carbonyl (C=O) groups is 1. The van der Waals surface area contributed by atoms with Crippen molar-refractivity contribution in [3.05, 3.63) is 58.8 Å². The molecule has 0 atom stereocenters. The molecule has 0 aliphatic rings. The Balaban J connectivity index is 1.74. The van der Waals surface area contributed by atoms with E-state index >= 15 is 0 Å². The Kier molecular flexibility index (Phi) is 6.03. The van der Waals surface area contributed by atoms with Crippen LogP contribution in [-0.4, -0.2) is 46.4 Å². The van der Waals surface area contributed by atoms with Crippen molar-refractivity contribution >= 4 is 36.1 Å². The number of imidazole rings is 1. The average molecular weight is 453 g/mol. The molecule has 168 valence electrons. The first-order valence-electron chi connectivity index (χ1n) is 10.7. The first-order chi connectivity index (χ1) is 15.3. The molecule has 0 spiro atoms. The van der Waals surface area contributed by atoms with Crippen molar-refractivity contribution in [1.29, 1.82) is 0 Å². The number of nitrogens with zero attached hydrogens (tertiary/aromatic N) is 3. The lowest BCUT2D eigenvalue weighted by Gasteiger charge is -2.16. The Morgan fingerprint density at radius 3 is 2.75 bits per heavy atom. The summed E-state index contributed by atoms with van der Waals surface area (Å²) in [5.74, 6) is -0.398. The van der Waals surface area contributed by atoms with Gasteiger partial charge in [-0.05, 0) is 49.4 Å². The van der Waals surface area contributed by atoms with Crippen LogP contribution in [0, 0.1) is 0 Å². The summed E-state index contributed by atoms with van der Waals surface area (Å²) < 4.78 is 14.5. The number of carbonyl (C=O) groups excluding carboxylic acids is 1. The molecule has 1 aromatic carbocycles. The van der Waals surface area contributed by atoms with Gasteiger partial charge in [0.2, 0.25) is 0 Å². The molecular formula is C23H28N4O4Si. The number of ether oxygens (including phenoxy) is 2. The van der Waals surface area contributed by atoms with E-state index in [4.69, 9.17) is 9.47 Å². The third-order valence-corrected chi connectivity index (χ3v) is 6.99. The van der Waals surface area contributed by atoms with Gasteiger partial charge in [-0.2, -0.15) is 0 Å². The highest BCUT2D eigenvalue weighted by molar-refractivity contribution is 6.76. The molecule has 0 fully saturated rings. The van der Waals surface area contributed by atoms with Crippen molar-refractivity contribution in [3.8, 4) is 5.69 Å². The third-order valence-electron chi connectivity index (χ3n) is 5.29. The zero-order chi connectivity index (χ0) is 22.9. The quantitative estimate of drug-likeness (QED) is 0.246. The molecule has 0 aliphatic carbocycles. The van der Waals surface area contributed by atoms with E-state index in [0.29, 0.717) is 35.8 Å². The topological polar surface area (TPSA) is 91.1 Å². The van der Waals surface area contributed by atoms with Gasteiger partial charge in [0.1, 0.15) is 12.4 Å². The molecule has 1 N–H and O–H groups in total. The van der Waals surface area contributed by atoms with Crippen LogP contribution in [0.1, 0.15) is 17.4 Å². The molecule has 0 saturated heterocycles. The third kappa shape index (κ3) is 4.39. The lowest BCUT2D eigenvalue weighted by Crippen LogP contribution is -2.22. The van der Waals surface area contributed by atoms with Crippen molar-refractivity contribution in [2.75, 3.05) is 13.2 Å². The van der Waals surface area contributed by atoms with Crippen LogP contribution in [0.15, 0.2) is 47.4 Å². The molecule has 4 rings (SSSR count). The van der Waals surface area contributed by atoms with Crippen molar-refractivity contribution < 1.29 is 14.3 Å². The van der Waals surface area contributed by atoms with E-state index in [1.807, 2.05) is 28.8 Å². The summed E-state index contributed by atoms with van der Waals surface area (Å²) in [4.78, 5) is 32.3. The average Bonchev–Trinajstić information content (AvgIpc) is 3.27. The molecule has 3 aromatic heterocycles. The van der Waals surface area contributed by atoms with Crippen LogP contribution in [0.5, 0.6) is 0 Å². The van der Waals surface area contributed by atoms with Crippen LogP contribution in [0.25, 0.3) is 27.8 Å². The highest BCUT2D eigenvalue weighted by Gasteiger charge is 2.19. The van der Waals surface area contributed by atoms with Gasteiger partial charge in [-0.15, -0.1) is 0 Å². The number of H-pyrrole nitrogens is 1. The molecule has 0 bridgehead atoms. The van der Waals surface area contributed by atoms with Gasteiger partial charge in [-0.3, -0.25) is 0 Å². The molecule has 0 radical (unpaired) electrons. The van der Waals surface area contributed by atoms with Gasteiger partial charge < -0.3 is 19.0 Å². The van der Waals surface area contributed by atoms with E-state index in [1.54, 1.807) is 25.3 Å². The van der Waals surface area contributed by atoms with Crippen LogP contribution in [0.4, 0.5) is 0 Å². The summed E-state index contributed by atoms with van der Waals surface area (Å²) in [6, 6.07) is 12.0. The molecule has 0 saturated carbocycles. The maximum absolute atomic E-state index is 12.6. The van der Waals surface area contributed by atoms with Crippen LogP contribution in [0.2, 0.25) is 25.7 Å². The molecule has 32 heavy (non-hydrogen) atoms. The number of hydrogen-bond acceptors (Lipinski definition) is 5. The summed E-state index contributed by atoms with van der Waals surface area (Å²) >= 11 is 0. The van der Waals surface area contributed by atoms with Crippen LogP contribution < -0.4 is 5.69 Å². The minimum absolute atomic E-state index is 0.260. The van der Waals surface area contributed by atoms with Gasteiger partial charge in [0.25, 0.3) is 0 Å². The lowest BCUT2D eigenvalue weighted by atomic mass is 10.2. The highest BCUT2D eigenvalue weighted by atomic mass is 28.3. The summed E-state index contributed by atoms with van der Waals surface area (Å²) in [7, 11) is -1.21. The van der Waals surface area contributed by atoms with Crippen molar-refractivity contribution in [2.45, 2.75) is 39.3 Å². The van der Waals surface area contributed by atoms with E-state index < -0.39 is 14.0 Å². The molecule has 3 heterocycles. The minimum Gasteiger partial charge on any atom is -0.461 e. The van der Waals surface area contributed by atoms with E-state index in [1.165, 1.54) is 4.57 Å². The largest absolute Gasteiger partial charge is 0.461 e. The normalized spacial score (nSPS) is 12.0. The number of nitrogens with one attached hydrogen (secondary N) is 1. The number of benzene rings is 1. The maximum Gasteiger partial charge on any atom is 0.355 e. The van der Waals surface area contributed by atoms with Gasteiger partial charge in [-0.1, -0.05) is 19.6 Å². The number of aromatic amines is 1. The molecular weight excluding hydrogens is 424 g/mol. The summed E-state index contributed by atoms with van der Waals surface area (Å²) in [6.45, 7) is 9.88. The highest BCUT2D eigenvalue weighted by Crippen LogP contribution is 2.25. The molecule has 9 heteroatoms. The SMILES string of the molecule is CCOC(=O)c1cc2cc(-n3c(=O)[nH]c4cccnc43)ccc2n1COCC[Si](C)(C)C. The number of aromatic nitrogens is 4. The minimum atomic E-state index is -1.21. The number of esters is 1. The fourth-order valence-corrected chi connectivity index (χ4v) is 4.38. The second kappa shape index (κ2) is 8.76. The second-order valence-electron chi connectivity index (χ2n) is 8.91. The Bertz CT molecular complexity index is 1330. The fraction of sp³-hybridized carbons (Fsp3) is 0.348. The van der Waals surface area contributed by atoms with Gasteiger partial charge in [0.05, 0.1) is 23.3 Å². The van der Waals surface area contributed by atoms with Crippen LogP contribution >= 0.6 is 0 Å². The molecule has 0 amide bonds. The van der Waals surface area contributed by atoms with Crippen molar-refractivity contribution in [1.82, 2.24) is 19.1 Å². The van der Waals surface area contributed by atoms with Crippen LogP contribution in [-0.2, 0) is 16.2 Å². The predicted octanol–water partition coefficient (Wildman–Crippen LogP) is 4.16. The van der Waals surface area contributed by atoms with Gasteiger partial charge >= 0.3 is 11.7 Å². The van der Waals surface area contributed by atoms with Gasteiger partial charge in [-0.25, -0.2) is 19.1 Å². The predicted molar refractivity (Wildman–Crippen MR) is 127 cm³/mol. The number of fused-ring (bicyclic) bond motifs is 2. The van der Waals surface area contributed by atoms with E-state index in [9.17, 15) is 9.59 Å². The maximum atomic E-state index is 12.6. The summed E-state index contributed by atoms with van der Waals surface area (Å²) in [5.41, 5.74) is 2.88. The summed E-state index contributed by atoms with van der Waals surface area (Å²) in [6.07, 6.45) is 1.65. The summed E-state index contributed by atoms with van der Waals surface area (Å²) in [5, 5.41) is 0.816. The Labute approximate surface area is 186 Å². The number of pyridine rings is 1. The fourth-order valence-electron chi connectivity index (χ4n) is 3.62. The number of rotatable bonds is 8. The van der Waals surface area contributed by atoms with E-state index in [0.717, 1.165) is 16.9 Å². The Morgan fingerprint density at radius 1 is 1.19 bits per heavy atom. The molecule has 0 unspecified atom stereocenters. The van der Waals surface area contributed by atoms with Gasteiger partial charge in [0, 0.05) is 26.3 Å².